The van der Waals surface area contributed by atoms with Gasteiger partial charge in [-0.05, 0) is 86.5 Å². The number of hydrogen-bond donors (Lipinski definition) is 0. The topological polar surface area (TPSA) is 33.5 Å². The largest absolute Gasteiger partial charge is 4.00 e. The first-order valence-electron chi connectivity index (χ1n) is 23.5. The first-order chi connectivity index (χ1) is 32.0. The van der Waals surface area contributed by atoms with Gasteiger partial charge in [0.2, 0.25) is 0 Å². The number of ether oxygens (including phenoxy) is 1. The Morgan fingerprint density at radius 2 is 1.09 bits per heavy atom. The SMILES string of the molecule is CC(C)(C)c1ccnc(-n2c3[c-]c(Oc4[c-]c(N5[CH-]N(c6cc(C(C)(C)c7ccccc7)cc(C(C)(C)c7ccccc7)c6)c6ccccc65)ccc4)cc(C(C)(C)C)c3c3ccccc32)c1.[CH3-].[Pt+4]. The van der Waals surface area contributed by atoms with Crippen molar-refractivity contribution in [1.29, 1.82) is 0 Å². The van der Waals surface area contributed by atoms with Crippen LogP contribution in [0, 0.1) is 26.2 Å². The van der Waals surface area contributed by atoms with Gasteiger partial charge >= 0.3 is 21.1 Å². The molecule has 0 atom stereocenters. The fourth-order valence-corrected chi connectivity index (χ4v) is 9.66. The summed E-state index contributed by atoms with van der Waals surface area (Å²) in [5.74, 6) is 2.09. The number of rotatable bonds is 9. The number of fused-ring (bicyclic) bond motifs is 4. The van der Waals surface area contributed by atoms with E-state index in [9.17, 15) is 0 Å². The number of benzene rings is 7. The molecule has 6 heteroatoms. The monoisotopic (exact) mass is 1090 g/mol. The Bertz CT molecular complexity index is 3210. The van der Waals surface area contributed by atoms with Gasteiger partial charge in [-0.3, -0.25) is 0 Å². The zero-order valence-corrected chi connectivity index (χ0v) is 44.0. The van der Waals surface area contributed by atoms with Crippen molar-refractivity contribution < 1.29 is 25.8 Å². The number of aromatic nitrogens is 2. The molecule has 0 radical (unpaired) electrons. The molecule has 3 heterocycles. The van der Waals surface area contributed by atoms with Crippen molar-refractivity contribution in [2.75, 3.05) is 9.80 Å². The Morgan fingerprint density at radius 1 is 0.507 bits per heavy atom. The summed E-state index contributed by atoms with van der Waals surface area (Å²) in [6.07, 6.45) is 1.92. The van der Waals surface area contributed by atoms with E-state index in [0.29, 0.717) is 11.5 Å². The van der Waals surface area contributed by atoms with E-state index in [-0.39, 0.29) is 50.2 Å². The minimum Gasteiger partial charge on any atom is -0.509 e. The summed E-state index contributed by atoms with van der Waals surface area (Å²) in [7, 11) is 0. The molecule has 7 aromatic carbocycles. The number of para-hydroxylation sites is 3. The van der Waals surface area contributed by atoms with Crippen LogP contribution in [-0.4, -0.2) is 9.55 Å². The first-order valence-corrected chi connectivity index (χ1v) is 23.5. The van der Waals surface area contributed by atoms with Gasteiger partial charge in [-0.2, -0.15) is 6.07 Å². The summed E-state index contributed by atoms with van der Waals surface area (Å²) < 4.78 is 9.12. The summed E-state index contributed by atoms with van der Waals surface area (Å²) in [6.45, 7) is 25.0. The molecule has 2 aromatic heterocycles. The maximum Gasteiger partial charge on any atom is 4.00 e. The standard InChI is InChI=1S/C62H59N4O.CH3.Pt/c1-59(2,3)44-32-33-63-57(37-44)66-53-29-18-17-28-51(53)58-52(60(4,5)6)39-50(40-56(58)66)67-49-27-21-26-47(38-49)64-41-65(55-31-20-19-30-54(55)64)48-35-45(61(7,8)42-22-13-11-14-23-42)34-46(36-48)62(9,10)43-24-15-12-16-25-43;;/h11-37,39,41H,1-10H3;1H3;/q-3;-1;+4. The van der Waals surface area contributed by atoms with E-state index < -0.39 is 0 Å². The Morgan fingerprint density at radius 3 is 1.70 bits per heavy atom. The van der Waals surface area contributed by atoms with Crippen LogP contribution in [-0.2, 0) is 42.7 Å². The van der Waals surface area contributed by atoms with Gasteiger partial charge in [-0.1, -0.05) is 177 Å². The number of anilines is 4. The summed E-state index contributed by atoms with van der Waals surface area (Å²) in [5.41, 5.74) is 12.8. The smallest absolute Gasteiger partial charge is 0.509 e. The molecule has 1 aliphatic heterocycles. The van der Waals surface area contributed by atoms with Crippen LogP contribution in [0.4, 0.5) is 22.7 Å². The van der Waals surface area contributed by atoms with Crippen LogP contribution in [0.5, 0.6) is 11.5 Å². The van der Waals surface area contributed by atoms with Crippen LogP contribution in [0.2, 0.25) is 0 Å². The predicted octanol–water partition coefficient (Wildman–Crippen LogP) is 16.7. The van der Waals surface area contributed by atoms with Gasteiger partial charge in [0.05, 0.1) is 0 Å². The molecule has 0 unspecified atom stereocenters. The third kappa shape index (κ3) is 9.03. The third-order valence-corrected chi connectivity index (χ3v) is 13.8. The molecule has 1 aliphatic rings. The molecular formula is C63H62N4OPt. The van der Waals surface area contributed by atoms with Crippen molar-refractivity contribution in [3.8, 4) is 17.3 Å². The van der Waals surface area contributed by atoms with Crippen molar-refractivity contribution in [2.45, 2.75) is 90.9 Å². The number of pyridine rings is 1. The van der Waals surface area contributed by atoms with E-state index in [4.69, 9.17) is 9.72 Å². The third-order valence-electron chi connectivity index (χ3n) is 13.8. The maximum atomic E-state index is 6.88. The van der Waals surface area contributed by atoms with Gasteiger partial charge in [0, 0.05) is 51.1 Å². The fraction of sp³-hybridized carbons (Fsp3) is 0.222. The normalized spacial score (nSPS) is 13.0. The van der Waals surface area contributed by atoms with Crippen LogP contribution in [0.3, 0.4) is 0 Å². The fourth-order valence-electron chi connectivity index (χ4n) is 9.66. The number of nitrogens with zero attached hydrogens (tertiary/aromatic N) is 4. The second-order valence-electron chi connectivity index (χ2n) is 21.1. The van der Waals surface area contributed by atoms with Crippen LogP contribution >= 0.6 is 0 Å². The predicted molar refractivity (Wildman–Crippen MR) is 285 cm³/mol. The van der Waals surface area contributed by atoms with Gasteiger partial charge in [-0.25, -0.2) is 4.98 Å². The molecule has 0 bridgehead atoms. The molecular weight excluding hydrogens is 1020 g/mol. The van der Waals surface area contributed by atoms with Gasteiger partial charge in [-0.15, -0.1) is 48.3 Å². The molecule has 5 nitrogen and oxygen atoms in total. The Labute approximate surface area is 425 Å². The van der Waals surface area contributed by atoms with Crippen LogP contribution < -0.4 is 14.5 Å². The van der Waals surface area contributed by atoms with Crippen molar-refractivity contribution in [2.24, 2.45) is 0 Å². The second kappa shape index (κ2) is 18.5. The molecule has 0 fully saturated rings. The summed E-state index contributed by atoms with van der Waals surface area (Å²) in [6, 6.07) is 66.0. The van der Waals surface area contributed by atoms with Gasteiger partial charge in [0.25, 0.3) is 0 Å². The van der Waals surface area contributed by atoms with Crippen molar-refractivity contribution in [3.63, 3.8) is 0 Å². The Kier molecular flexibility index (Phi) is 13.1. The Hall–Kier alpha value is -6.42. The van der Waals surface area contributed by atoms with E-state index in [1.165, 1.54) is 38.8 Å². The zero-order valence-electron chi connectivity index (χ0n) is 41.8. The quantitative estimate of drug-likeness (QED) is 0.135. The van der Waals surface area contributed by atoms with Crippen molar-refractivity contribution in [3.05, 3.63) is 230 Å². The molecule has 0 saturated heterocycles. The maximum absolute atomic E-state index is 6.88. The molecule has 0 aliphatic carbocycles. The minimum atomic E-state index is -0.259. The molecule has 9 aromatic rings. The average molecular weight is 1090 g/mol. The minimum absolute atomic E-state index is 0. The van der Waals surface area contributed by atoms with E-state index in [1.807, 2.05) is 18.3 Å². The summed E-state index contributed by atoms with van der Waals surface area (Å²) >= 11 is 0. The van der Waals surface area contributed by atoms with Crippen molar-refractivity contribution in [1.82, 2.24) is 9.55 Å². The van der Waals surface area contributed by atoms with Crippen molar-refractivity contribution >= 4 is 44.6 Å². The van der Waals surface area contributed by atoms with Gasteiger partial charge < -0.3 is 26.5 Å². The summed E-state index contributed by atoms with van der Waals surface area (Å²) in [5, 5.41) is 2.32. The molecule has 0 amide bonds. The van der Waals surface area contributed by atoms with E-state index >= 15 is 0 Å². The van der Waals surface area contributed by atoms with E-state index in [0.717, 1.165) is 45.0 Å². The average Bonchev–Trinajstić information content (AvgIpc) is 3.88. The molecule has 350 valence electrons. The Balaban J connectivity index is 0.00000321. The molecule has 0 N–H and O–H groups in total. The second-order valence-corrected chi connectivity index (χ2v) is 21.1. The molecule has 0 spiro atoms. The van der Waals surface area contributed by atoms with Crippen LogP contribution in [0.15, 0.2) is 170 Å². The van der Waals surface area contributed by atoms with Gasteiger partial charge in [0.1, 0.15) is 5.82 Å². The van der Waals surface area contributed by atoms with Crippen LogP contribution in [0.25, 0.3) is 27.6 Å². The van der Waals surface area contributed by atoms with Crippen LogP contribution in [0.1, 0.15) is 103 Å². The number of hydrogen-bond acceptors (Lipinski definition) is 4. The molecule has 0 saturated carbocycles. The molecule has 10 rings (SSSR count). The first kappa shape index (κ1) is 49.0. The van der Waals surface area contributed by atoms with Gasteiger partial charge in [0.15, 0.2) is 0 Å². The van der Waals surface area contributed by atoms with E-state index in [2.05, 4.69) is 254 Å². The molecule has 69 heavy (non-hydrogen) atoms. The summed E-state index contributed by atoms with van der Waals surface area (Å²) in [4.78, 5) is 9.49. The zero-order chi connectivity index (χ0) is 46.9. The van der Waals surface area contributed by atoms with E-state index in [1.54, 1.807) is 0 Å².